The molecule has 0 bridgehead atoms. The summed E-state index contributed by atoms with van der Waals surface area (Å²) in [6, 6.07) is 14.3. The second-order valence-electron chi connectivity index (χ2n) is 5.35. The molecular formula is C18H18N2O. The zero-order valence-corrected chi connectivity index (χ0v) is 12.5. The predicted octanol–water partition coefficient (Wildman–Crippen LogP) is 4.52. The Labute approximate surface area is 124 Å². The van der Waals surface area contributed by atoms with Gasteiger partial charge < -0.3 is 10.3 Å². The van der Waals surface area contributed by atoms with Gasteiger partial charge in [-0.3, -0.25) is 0 Å². The zero-order chi connectivity index (χ0) is 15.0. The van der Waals surface area contributed by atoms with Crippen molar-refractivity contribution in [2.24, 2.45) is 0 Å². The molecule has 0 aliphatic rings. The van der Waals surface area contributed by atoms with Crippen LogP contribution in [-0.2, 0) is 0 Å². The topological polar surface area (TPSA) is 52.0 Å². The van der Waals surface area contributed by atoms with Crippen LogP contribution in [0.3, 0.4) is 0 Å². The lowest BCUT2D eigenvalue weighted by atomic mass is 9.93. The minimum atomic E-state index is 0.432. The Kier molecular flexibility index (Phi) is 3.26. The van der Waals surface area contributed by atoms with Crippen LogP contribution < -0.4 is 5.73 Å². The quantitative estimate of drug-likeness (QED) is 0.750. The van der Waals surface area contributed by atoms with E-state index in [9.17, 15) is 0 Å². The summed E-state index contributed by atoms with van der Waals surface area (Å²) in [5.41, 5.74) is 12.5. The molecule has 0 amide bonds. The Bertz CT molecular complexity index is 782. The van der Waals surface area contributed by atoms with Crippen LogP contribution >= 0.6 is 0 Å². The maximum absolute atomic E-state index is 6.07. The minimum Gasteiger partial charge on any atom is -0.380 e. The molecule has 3 rings (SSSR count). The molecular weight excluding hydrogens is 260 g/mol. The van der Waals surface area contributed by atoms with Gasteiger partial charge in [0.2, 0.25) is 0 Å². The average molecular weight is 278 g/mol. The normalized spacial score (nSPS) is 10.8. The SMILES string of the molecule is Cc1ccccc1-c1c(N)noc1-c1c(C)cccc1C. The van der Waals surface area contributed by atoms with Crippen molar-refractivity contribution in [1.29, 1.82) is 0 Å². The van der Waals surface area contributed by atoms with Crippen molar-refractivity contribution in [3.05, 3.63) is 59.2 Å². The highest BCUT2D eigenvalue weighted by atomic mass is 16.5. The number of anilines is 1. The highest BCUT2D eigenvalue weighted by Crippen LogP contribution is 2.40. The molecule has 106 valence electrons. The van der Waals surface area contributed by atoms with Crippen molar-refractivity contribution in [2.45, 2.75) is 20.8 Å². The summed E-state index contributed by atoms with van der Waals surface area (Å²) in [5.74, 6) is 1.18. The van der Waals surface area contributed by atoms with E-state index in [0.717, 1.165) is 39.1 Å². The van der Waals surface area contributed by atoms with Gasteiger partial charge in [-0.15, -0.1) is 0 Å². The molecule has 0 spiro atoms. The average Bonchev–Trinajstić information content (AvgIpc) is 2.81. The van der Waals surface area contributed by atoms with E-state index in [1.165, 1.54) is 0 Å². The van der Waals surface area contributed by atoms with Crippen molar-refractivity contribution >= 4 is 5.82 Å². The van der Waals surface area contributed by atoms with Crippen LogP contribution in [0.4, 0.5) is 5.82 Å². The Balaban J connectivity index is 2.31. The Morgan fingerprint density at radius 1 is 0.810 bits per heavy atom. The Morgan fingerprint density at radius 2 is 1.43 bits per heavy atom. The van der Waals surface area contributed by atoms with Gasteiger partial charge >= 0.3 is 0 Å². The molecule has 0 atom stereocenters. The first kappa shape index (κ1) is 13.4. The fourth-order valence-electron chi connectivity index (χ4n) is 2.76. The summed E-state index contributed by atoms with van der Waals surface area (Å²) in [4.78, 5) is 0. The number of rotatable bonds is 2. The van der Waals surface area contributed by atoms with Crippen LogP contribution in [-0.4, -0.2) is 5.16 Å². The van der Waals surface area contributed by atoms with Crippen LogP contribution in [0, 0.1) is 20.8 Å². The van der Waals surface area contributed by atoms with E-state index >= 15 is 0 Å². The number of nitrogens with zero attached hydrogens (tertiary/aromatic N) is 1. The molecule has 21 heavy (non-hydrogen) atoms. The maximum atomic E-state index is 6.07. The predicted molar refractivity (Wildman–Crippen MR) is 86.0 cm³/mol. The van der Waals surface area contributed by atoms with Crippen LogP contribution in [0.1, 0.15) is 16.7 Å². The number of aryl methyl sites for hydroxylation is 3. The summed E-state index contributed by atoms with van der Waals surface area (Å²) in [5, 5.41) is 4.00. The third-order valence-electron chi connectivity index (χ3n) is 3.84. The third kappa shape index (κ3) is 2.21. The fraction of sp³-hybridized carbons (Fsp3) is 0.167. The molecule has 3 nitrogen and oxygen atoms in total. The van der Waals surface area contributed by atoms with E-state index in [1.807, 2.05) is 18.2 Å². The minimum absolute atomic E-state index is 0.432. The largest absolute Gasteiger partial charge is 0.380 e. The third-order valence-corrected chi connectivity index (χ3v) is 3.84. The van der Waals surface area contributed by atoms with E-state index in [1.54, 1.807) is 0 Å². The lowest BCUT2D eigenvalue weighted by molar-refractivity contribution is 0.435. The number of hydrogen-bond acceptors (Lipinski definition) is 3. The number of nitrogens with two attached hydrogens (primary N) is 1. The molecule has 0 radical (unpaired) electrons. The summed E-state index contributed by atoms with van der Waals surface area (Å²) in [7, 11) is 0. The fourth-order valence-corrected chi connectivity index (χ4v) is 2.76. The number of nitrogen functional groups attached to an aromatic ring is 1. The molecule has 0 aliphatic carbocycles. The molecule has 0 fully saturated rings. The van der Waals surface area contributed by atoms with Crippen LogP contribution in [0.5, 0.6) is 0 Å². The zero-order valence-electron chi connectivity index (χ0n) is 12.5. The van der Waals surface area contributed by atoms with Gasteiger partial charge in [0.25, 0.3) is 0 Å². The van der Waals surface area contributed by atoms with Gasteiger partial charge in [-0.1, -0.05) is 47.6 Å². The molecule has 2 N–H and O–H groups in total. The van der Waals surface area contributed by atoms with Crippen molar-refractivity contribution in [1.82, 2.24) is 5.16 Å². The van der Waals surface area contributed by atoms with E-state index in [-0.39, 0.29) is 0 Å². The molecule has 0 saturated heterocycles. The first-order valence-corrected chi connectivity index (χ1v) is 6.97. The molecule has 2 aromatic carbocycles. The molecule has 3 aromatic rings. The van der Waals surface area contributed by atoms with E-state index in [0.29, 0.717) is 5.82 Å². The van der Waals surface area contributed by atoms with Crippen LogP contribution in [0.15, 0.2) is 47.0 Å². The lowest BCUT2D eigenvalue weighted by Gasteiger charge is -2.10. The van der Waals surface area contributed by atoms with Crippen molar-refractivity contribution in [3.8, 4) is 22.5 Å². The molecule has 3 heteroatoms. The van der Waals surface area contributed by atoms with Crippen molar-refractivity contribution < 1.29 is 4.52 Å². The van der Waals surface area contributed by atoms with Gasteiger partial charge in [0.15, 0.2) is 11.6 Å². The van der Waals surface area contributed by atoms with Crippen LogP contribution in [0.2, 0.25) is 0 Å². The Hall–Kier alpha value is -2.55. The highest BCUT2D eigenvalue weighted by Gasteiger charge is 2.21. The van der Waals surface area contributed by atoms with Gasteiger partial charge in [0.1, 0.15) is 0 Å². The summed E-state index contributed by atoms with van der Waals surface area (Å²) >= 11 is 0. The van der Waals surface area contributed by atoms with Crippen molar-refractivity contribution in [3.63, 3.8) is 0 Å². The standard InChI is InChI=1S/C18H18N2O/c1-11-7-4-5-10-14(11)16-17(21-20-18(16)19)15-12(2)8-6-9-13(15)3/h4-10H,1-3H3,(H2,19,20). The summed E-state index contributed by atoms with van der Waals surface area (Å²) in [6.07, 6.45) is 0. The second kappa shape index (κ2) is 5.09. The van der Waals surface area contributed by atoms with E-state index in [2.05, 4.69) is 50.2 Å². The number of benzene rings is 2. The molecule has 1 heterocycles. The van der Waals surface area contributed by atoms with E-state index < -0.39 is 0 Å². The molecule has 0 aliphatic heterocycles. The lowest BCUT2D eigenvalue weighted by Crippen LogP contribution is -1.93. The van der Waals surface area contributed by atoms with Gasteiger partial charge in [-0.25, -0.2) is 0 Å². The van der Waals surface area contributed by atoms with Gasteiger partial charge in [-0.05, 0) is 43.0 Å². The molecule has 1 aromatic heterocycles. The highest BCUT2D eigenvalue weighted by molar-refractivity contribution is 5.89. The van der Waals surface area contributed by atoms with Gasteiger partial charge in [0, 0.05) is 5.56 Å². The number of hydrogen-bond donors (Lipinski definition) is 1. The van der Waals surface area contributed by atoms with Gasteiger partial charge in [-0.2, -0.15) is 0 Å². The Morgan fingerprint density at radius 3 is 2.10 bits per heavy atom. The number of aromatic nitrogens is 1. The van der Waals surface area contributed by atoms with Crippen molar-refractivity contribution in [2.75, 3.05) is 5.73 Å². The van der Waals surface area contributed by atoms with Gasteiger partial charge in [0.05, 0.1) is 5.56 Å². The molecule has 0 unspecified atom stereocenters. The second-order valence-corrected chi connectivity index (χ2v) is 5.35. The smallest absolute Gasteiger partial charge is 0.177 e. The summed E-state index contributed by atoms with van der Waals surface area (Å²) < 4.78 is 5.58. The summed E-state index contributed by atoms with van der Waals surface area (Å²) in [6.45, 7) is 6.21. The first-order chi connectivity index (χ1) is 10.1. The molecule has 0 saturated carbocycles. The first-order valence-electron chi connectivity index (χ1n) is 6.97. The van der Waals surface area contributed by atoms with Crippen LogP contribution in [0.25, 0.3) is 22.5 Å². The van der Waals surface area contributed by atoms with E-state index in [4.69, 9.17) is 10.3 Å². The monoisotopic (exact) mass is 278 g/mol. The maximum Gasteiger partial charge on any atom is 0.177 e.